The molecular weight excluding hydrogens is 230 g/mol. The maximum absolute atomic E-state index is 10.9. The minimum atomic E-state index is -0.223. The Morgan fingerprint density at radius 3 is 3.07 bits per heavy atom. The number of ether oxygens (including phenoxy) is 1. The van der Waals surface area contributed by atoms with E-state index in [1.54, 1.807) is 11.3 Å². The first-order valence-electron chi connectivity index (χ1n) is 4.35. The van der Waals surface area contributed by atoms with Crippen molar-refractivity contribution in [3.05, 3.63) is 24.3 Å². The number of hydrogen-bond donors (Lipinski definition) is 0. The second kappa shape index (κ2) is 4.63. The quantitative estimate of drug-likeness (QED) is 0.609. The van der Waals surface area contributed by atoms with Crippen LogP contribution in [-0.2, 0) is 9.53 Å². The summed E-state index contributed by atoms with van der Waals surface area (Å²) in [5.41, 5.74) is 0.981. The topological polar surface area (TPSA) is 39.2 Å². The van der Waals surface area contributed by atoms with Crippen LogP contribution in [-0.4, -0.2) is 23.8 Å². The van der Waals surface area contributed by atoms with Crippen molar-refractivity contribution in [2.75, 3.05) is 12.9 Å². The number of nitrogens with zero attached hydrogens (tertiary/aromatic N) is 1. The van der Waals surface area contributed by atoms with Crippen molar-refractivity contribution in [2.24, 2.45) is 0 Å². The van der Waals surface area contributed by atoms with Crippen molar-refractivity contribution in [3.63, 3.8) is 0 Å². The summed E-state index contributed by atoms with van der Waals surface area (Å²) < 4.78 is 6.61. The fourth-order valence-corrected chi connectivity index (χ4v) is 2.99. The van der Waals surface area contributed by atoms with Gasteiger partial charge in [0.1, 0.15) is 0 Å². The van der Waals surface area contributed by atoms with Gasteiger partial charge in [-0.25, -0.2) is 4.98 Å². The summed E-state index contributed by atoms with van der Waals surface area (Å²) in [6.07, 6.45) is 0. The number of thiazole rings is 1. The minimum Gasteiger partial charge on any atom is -0.468 e. The predicted octanol–water partition coefficient (Wildman–Crippen LogP) is 2.56. The van der Waals surface area contributed by atoms with E-state index >= 15 is 0 Å². The van der Waals surface area contributed by atoms with Crippen LogP contribution >= 0.6 is 23.1 Å². The molecule has 1 aromatic carbocycles. The molecule has 2 rings (SSSR count). The lowest BCUT2D eigenvalue weighted by atomic mass is 10.3. The van der Waals surface area contributed by atoms with Gasteiger partial charge in [-0.1, -0.05) is 23.9 Å². The van der Waals surface area contributed by atoms with Crippen LogP contribution in [0.1, 0.15) is 0 Å². The van der Waals surface area contributed by atoms with Crippen molar-refractivity contribution in [3.8, 4) is 0 Å². The van der Waals surface area contributed by atoms with Gasteiger partial charge in [0.05, 0.1) is 23.1 Å². The number of methoxy groups -OCH3 is 1. The third-order valence-electron chi connectivity index (χ3n) is 1.82. The second-order valence-corrected chi connectivity index (χ2v) is 5.07. The van der Waals surface area contributed by atoms with Crippen molar-refractivity contribution in [1.82, 2.24) is 4.98 Å². The van der Waals surface area contributed by atoms with Crippen LogP contribution in [0.15, 0.2) is 28.6 Å². The summed E-state index contributed by atoms with van der Waals surface area (Å²) in [4.78, 5) is 15.3. The van der Waals surface area contributed by atoms with Crippen LogP contribution in [0.5, 0.6) is 0 Å². The third-order valence-corrected chi connectivity index (χ3v) is 3.97. The molecule has 0 saturated carbocycles. The summed E-state index contributed by atoms with van der Waals surface area (Å²) in [7, 11) is 1.39. The molecular formula is C10H9NO2S2. The van der Waals surface area contributed by atoms with E-state index in [0.717, 1.165) is 14.6 Å². The standard InChI is InChI=1S/C10H9NO2S2/c1-13-9(12)6-14-10-11-7-4-2-3-5-8(7)15-10/h2-5H,6H2,1H3. The highest BCUT2D eigenvalue weighted by molar-refractivity contribution is 8.01. The number of benzene rings is 1. The van der Waals surface area contributed by atoms with Gasteiger partial charge in [-0.3, -0.25) is 4.79 Å². The number of esters is 1. The monoisotopic (exact) mass is 239 g/mol. The minimum absolute atomic E-state index is 0.223. The average Bonchev–Trinajstić information content (AvgIpc) is 2.68. The summed E-state index contributed by atoms with van der Waals surface area (Å²) >= 11 is 3.01. The summed E-state index contributed by atoms with van der Waals surface area (Å²) in [5.74, 6) is 0.0929. The Morgan fingerprint density at radius 2 is 2.33 bits per heavy atom. The van der Waals surface area contributed by atoms with E-state index in [1.807, 2.05) is 24.3 Å². The molecule has 0 radical (unpaired) electrons. The summed E-state index contributed by atoms with van der Waals surface area (Å²) in [6, 6.07) is 7.93. The lowest BCUT2D eigenvalue weighted by molar-refractivity contribution is -0.137. The lowest BCUT2D eigenvalue weighted by Gasteiger charge is -1.94. The van der Waals surface area contributed by atoms with E-state index in [2.05, 4.69) is 9.72 Å². The highest BCUT2D eigenvalue weighted by Gasteiger charge is 2.06. The first-order chi connectivity index (χ1) is 7.29. The molecule has 2 aromatic rings. The zero-order valence-corrected chi connectivity index (χ0v) is 9.73. The molecule has 0 N–H and O–H groups in total. The van der Waals surface area contributed by atoms with Crippen LogP contribution < -0.4 is 0 Å². The highest BCUT2D eigenvalue weighted by atomic mass is 32.2. The van der Waals surface area contributed by atoms with Gasteiger partial charge in [0.15, 0.2) is 4.34 Å². The maximum Gasteiger partial charge on any atom is 0.316 e. The van der Waals surface area contributed by atoms with Crippen LogP contribution in [0.25, 0.3) is 10.2 Å². The molecule has 0 amide bonds. The van der Waals surface area contributed by atoms with E-state index in [4.69, 9.17) is 0 Å². The number of para-hydroxylation sites is 1. The fraction of sp³-hybridized carbons (Fsp3) is 0.200. The Kier molecular flexibility index (Phi) is 3.23. The number of aromatic nitrogens is 1. The van der Waals surface area contributed by atoms with Crippen molar-refractivity contribution in [2.45, 2.75) is 4.34 Å². The zero-order valence-electron chi connectivity index (χ0n) is 8.10. The molecule has 0 aliphatic carbocycles. The molecule has 15 heavy (non-hydrogen) atoms. The van der Waals surface area contributed by atoms with Crippen molar-refractivity contribution < 1.29 is 9.53 Å². The first-order valence-corrected chi connectivity index (χ1v) is 6.15. The van der Waals surface area contributed by atoms with E-state index < -0.39 is 0 Å². The van der Waals surface area contributed by atoms with Crippen molar-refractivity contribution in [1.29, 1.82) is 0 Å². The Morgan fingerprint density at radius 1 is 1.53 bits per heavy atom. The first kappa shape index (κ1) is 10.4. The predicted molar refractivity (Wildman–Crippen MR) is 62.4 cm³/mol. The van der Waals surface area contributed by atoms with E-state index in [-0.39, 0.29) is 5.97 Å². The summed E-state index contributed by atoms with van der Waals surface area (Å²) in [6.45, 7) is 0. The fourth-order valence-electron chi connectivity index (χ4n) is 1.09. The molecule has 78 valence electrons. The molecule has 3 nitrogen and oxygen atoms in total. The molecule has 1 heterocycles. The molecule has 5 heteroatoms. The Labute approximate surface area is 95.5 Å². The SMILES string of the molecule is COC(=O)CSc1nc2ccccc2s1. The highest BCUT2D eigenvalue weighted by Crippen LogP contribution is 2.29. The molecule has 1 aromatic heterocycles. The van der Waals surface area contributed by atoms with Crippen molar-refractivity contribution >= 4 is 39.3 Å². The third kappa shape index (κ3) is 2.49. The zero-order chi connectivity index (χ0) is 10.7. The molecule has 0 aliphatic heterocycles. The van der Waals surface area contributed by atoms with Gasteiger partial charge in [-0.2, -0.15) is 0 Å². The Bertz CT molecular complexity index is 448. The smallest absolute Gasteiger partial charge is 0.316 e. The maximum atomic E-state index is 10.9. The molecule has 0 unspecified atom stereocenters. The number of carbonyl (C=O) groups is 1. The summed E-state index contributed by atoms with van der Waals surface area (Å²) in [5, 5.41) is 0. The molecule has 0 saturated heterocycles. The van der Waals surface area contributed by atoms with Crippen LogP contribution in [0.3, 0.4) is 0 Å². The van der Waals surface area contributed by atoms with Crippen LogP contribution in [0, 0.1) is 0 Å². The number of carbonyl (C=O) groups excluding carboxylic acids is 1. The van der Waals surface area contributed by atoms with Crippen LogP contribution in [0.2, 0.25) is 0 Å². The molecule has 0 spiro atoms. The molecule has 0 atom stereocenters. The molecule has 0 aliphatic rings. The molecule has 0 fully saturated rings. The normalized spacial score (nSPS) is 10.5. The van der Waals surface area contributed by atoms with Gasteiger partial charge >= 0.3 is 5.97 Å². The Balaban J connectivity index is 2.12. The van der Waals surface area contributed by atoms with Crippen LogP contribution in [0.4, 0.5) is 0 Å². The van der Waals surface area contributed by atoms with Gasteiger partial charge in [0, 0.05) is 0 Å². The average molecular weight is 239 g/mol. The van der Waals surface area contributed by atoms with Gasteiger partial charge < -0.3 is 4.74 Å². The van der Waals surface area contributed by atoms with E-state index in [9.17, 15) is 4.79 Å². The number of rotatable bonds is 3. The van der Waals surface area contributed by atoms with E-state index in [0.29, 0.717) is 5.75 Å². The van der Waals surface area contributed by atoms with Gasteiger partial charge in [-0.05, 0) is 12.1 Å². The van der Waals surface area contributed by atoms with Gasteiger partial charge in [0.25, 0.3) is 0 Å². The number of thioether (sulfide) groups is 1. The number of fused-ring (bicyclic) bond motifs is 1. The van der Waals surface area contributed by atoms with Gasteiger partial charge in [-0.15, -0.1) is 11.3 Å². The lowest BCUT2D eigenvalue weighted by Crippen LogP contribution is -2.02. The second-order valence-electron chi connectivity index (χ2n) is 2.81. The van der Waals surface area contributed by atoms with Gasteiger partial charge in [0.2, 0.25) is 0 Å². The number of hydrogen-bond acceptors (Lipinski definition) is 5. The molecule has 0 bridgehead atoms. The Hall–Kier alpha value is -1.07. The largest absolute Gasteiger partial charge is 0.468 e. The van der Waals surface area contributed by atoms with E-state index in [1.165, 1.54) is 18.9 Å².